The largest absolute Gasteiger partial charge is 0.356 e. The molecule has 0 atom stereocenters. The second-order valence-electron chi connectivity index (χ2n) is 5.64. The van der Waals surface area contributed by atoms with Gasteiger partial charge in [-0.1, -0.05) is 33.1 Å². The Balaban J connectivity index is 2.12. The predicted molar refractivity (Wildman–Crippen MR) is 83.7 cm³/mol. The maximum absolute atomic E-state index is 5.58. The summed E-state index contributed by atoms with van der Waals surface area (Å²) in [4.78, 5) is 11.2. The third-order valence-corrected chi connectivity index (χ3v) is 4.17. The van der Waals surface area contributed by atoms with Gasteiger partial charge in [-0.25, -0.2) is 15.8 Å². The van der Waals surface area contributed by atoms with Crippen molar-refractivity contribution in [3.05, 3.63) is 11.9 Å². The van der Waals surface area contributed by atoms with Crippen LogP contribution in [0.25, 0.3) is 0 Å². The highest BCUT2D eigenvalue weighted by Crippen LogP contribution is 2.29. The van der Waals surface area contributed by atoms with Crippen LogP contribution in [0.1, 0.15) is 51.5 Å². The van der Waals surface area contributed by atoms with E-state index in [1.807, 2.05) is 0 Å². The van der Waals surface area contributed by atoms with E-state index in [4.69, 9.17) is 5.84 Å². The van der Waals surface area contributed by atoms with Crippen molar-refractivity contribution in [3.8, 4) is 0 Å². The van der Waals surface area contributed by atoms with E-state index in [2.05, 4.69) is 34.1 Å². The van der Waals surface area contributed by atoms with Crippen LogP contribution >= 0.6 is 0 Å². The monoisotopic (exact) mass is 277 g/mol. The number of piperidine rings is 1. The molecule has 1 saturated heterocycles. The second-order valence-corrected chi connectivity index (χ2v) is 5.64. The molecule has 0 spiro atoms. The molecule has 0 aliphatic carbocycles. The summed E-state index contributed by atoms with van der Waals surface area (Å²) >= 11 is 0. The highest BCUT2D eigenvalue weighted by Gasteiger charge is 2.22. The normalized spacial score (nSPS) is 16.4. The van der Waals surface area contributed by atoms with Gasteiger partial charge >= 0.3 is 0 Å². The molecule has 2 heterocycles. The molecule has 5 nitrogen and oxygen atoms in total. The van der Waals surface area contributed by atoms with E-state index in [1.54, 1.807) is 6.33 Å². The lowest BCUT2D eigenvalue weighted by atomic mass is 9.92. The van der Waals surface area contributed by atoms with Crippen molar-refractivity contribution >= 4 is 11.6 Å². The fourth-order valence-corrected chi connectivity index (χ4v) is 3.12. The van der Waals surface area contributed by atoms with Gasteiger partial charge < -0.3 is 10.3 Å². The summed E-state index contributed by atoms with van der Waals surface area (Å²) in [6.07, 6.45) is 8.84. The predicted octanol–water partition coefficient (Wildman–Crippen LogP) is 2.73. The third kappa shape index (κ3) is 3.39. The van der Waals surface area contributed by atoms with Crippen molar-refractivity contribution in [1.29, 1.82) is 0 Å². The number of aromatic nitrogens is 2. The summed E-state index contributed by atoms with van der Waals surface area (Å²) in [6, 6.07) is 0. The minimum Gasteiger partial charge on any atom is -0.356 e. The van der Waals surface area contributed by atoms with E-state index in [-0.39, 0.29) is 0 Å². The number of hydrogen-bond acceptors (Lipinski definition) is 5. The number of rotatable bonds is 6. The average molecular weight is 277 g/mol. The molecule has 1 aliphatic heterocycles. The number of anilines is 2. The Hall–Kier alpha value is -1.36. The molecule has 1 aliphatic rings. The van der Waals surface area contributed by atoms with E-state index in [0.717, 1.165) is 49.0 Å². The zero-order valence-electron chi connectivity index (χ0n) is 12.7. The van der Waals surface area contributed by atoms with E-state index in [1.165, 1.54) is 25.7 Å². The fraction of sp³-hybridized carbons (Fsp3) is 0.733. The Morgan fingerprint density at radius 3 is 2.60 bits per heavy atom. The summed E-state index contributed by atoms with van der Waals surface area (Å²) in [5, 5.41) is 0. The van der Waals surface area contributed by atoms with E-state index >= 15 is 0 Å². The molecule has 0 aromatic carbocycles. The molecule has 1 aromatic heterocycles. The van der Waals surface area contributed by atoms with Gasteiger partial charge in [0.25, 0.3) is 0 Å². The van der Waals surface area contributed by atoms with Gasteiger partial charge in [0.2, 0.25) is 0 Å². The van der Waals surface area contributed by atoms with Crippen LogP contribution in [0.4, 0.5) is 11.6 Å². The van der Waals surface area contributed by atoms with Crippen molar-refractivity contribution in [2.24, 2.45) is 11.8 Å². The molecular weight excluding hydrogens is 250 g/mol. The first-order chi connectivity index (χ1) is 9.80. The van der Waals surface area contributed by atoms with E-state index in [0.29, 0.717) is 0 Å². The minimum atomic E-state index is 0.771. The molecule has 3 N–H and O–H groups in total. The number of hydrogen-bond donors (Lipinski definition) is 2. The molecule has 1 fully saturated rings. The molecule has 0 amide bonds. The van der Waals surface area contributed by atoms with Crippen molar-refractivity contribution in [2.75, 3.05) is 23.4 Å². The van der Waals surface area contributed by atoms with Crippen LogP contribution in [0.3, 0.4) is 0 Å². The summed E-state index contributed by atoms with van der Waals surface area (Å²) in [7, 11) is 0. The number of nitrogens with two attached hydrogens (primary N) is 1. The molecule has 0 bridgehead atoms. The summed E-state index contributed by atoms with van der Waals surface area (Å²) in [5.41, 5.74) is 3.87. The Bertz CT molecular complexity index is 413. The Kier molecular flexibility index (Phi) is 5.59. The number of hydrazine groups is 1. The summed E-state index contributed by atoms with van der Waals surface area (Å²) in [6.45, 7) is 6.64. The van der Waals surface area contributed by atoms with Crippen molar-refractivity contribution in [2.45, 2.75) is 52.4 Å². The van der Waals surface area contributed by atoms with Gasteiger partial charge in [0.1, 0.15) is 18.0 Å². The molecule has 112 valence electrons. The standard InChI is InChI=1S/C15H27N5/c1-3-5-12-7-9-20(10-8-12)15-13(6-4-2)14(19-16)17-11-18-15/h11-12H,3-10,16H2,1-2H3,(H,17,18,19). The maximum Gasteiger partial charge on any atom is 0.148 e. The SMILES string of the molecule is CCCc1c(NN)ncnc1N1CCC(CCC)CC1. The average Bonchev–Trinajstić information content (AvgIpc) is 2.49. The first-order valence-electron chi connectivity index (χ1n) is 7.85. The Labute approximate surface area is 121 Å². The van der Waals surface area contributed by atoms with Crippen LogP contribution in [0, 0.1) is 5.92 Å². The molecule has 0 unspecified atom stereocenters. The second kappa shape index (κ2) is 7.43. The van der Waals surface area contributed by atoms with Crippen LogP contribution in [0.15, 0.2) is 6.33 Å². The third-order valence-electron chi connectivity index (χ3n) is 4.17. The fourth-order valence-electron chi connectivity index (χ4n) is 3.12. The smallest absolute Gasteiger partial charge is 0.148 e. The van der Waals surface area contributed by atoms with Crippen LogP contribution in [-0.4, -0.2) is 23.1 Å². The van der Waals surface area contributed by atoms with Crippen molar-refractivity contribution in [1.82, 2.24) is 9.97 Å². The Morgan fingerprint density at radius 2 is 2.00 bits per heavy atom. The first-order valence-corrected chi connectivity index (χ1v) is 7.85. The lowest BCUT2D eigenvalue weighted by Crippen LogP contribution is -2.35. The number of nitrogens with zero attached hydrogens (tertiary/aromatic N) is 3. The molecule has 0 radical (unpaired) electrons. The van der Waals surface area contributed by atoms with Gasteiger partial charge in [-0.3, -0.25) is 0 Å². The highest BCUT2D eigenvalue weighted by molar-refractivity contribution is 5.58. The van der Waals surface area contributed by atoms with Crippen LogP contribution in [-0.2, 0) is 6.42 Å². The quantitative estimate of drug-likeness (QED) is 0.618. The van der Waals surface area contributed by atoms with Crippen LogP contribution < -0.4 is 16.2 Å². The molecule has 20 heavy (non-hydrogen) atoms. The van der Waals surface area contributed by atoms with E-state index < -0.39 is 0 Å². The molecule has 0 saturated carbocycles. The van der Waals surface area contributed by atoms with Crippen LogP contribution in [0.5, 0.6) is 0 Å². The van der Waals surface area contributed by atoms with Gasteiger partial charge in [0.05, 0.1) is 0 Å². The van der Waals surface area contributed by atoms with E-state index in [9.17, 15) is 0 Å². The van der Waals surface area contributed by atoms with Gasteiger partial charge in [0, 0.05) is 18.7 Å². The topological polar surface area (TPSA) is 67.1 Å². The minimum absolute atomic E-state index is 0.771. The maximum atomic E-state index is 5.58. The van der Waals surface area contributed by atoms with Crippen molar-refractivity contribution < 1.29 is 0 Å². The number of nitrogens with one attached hydrogen (secondary N) is 1. The van der Waals surface area contributed by atoms with Gasteiger partial charge in [-0.15, -0.1) is 0 Å². The van der Waals surface area contributed by atoms with Crippen molar-refractivity contribution in [3.63, 3.8) is 0 Å². The van der Waals surface area contributed by atoms with Gasteiger partial charge in [-0.2, -0.15) is 0 Å². The lowest BCUT2D eigenvalue weighted by Gasteiger charge is -2.34. The lowest BCUT2D eigenvalue weighted by molar-refractivity contribution is 0.377. The van der Waals surface area contributed by atoms with Crippen LogP contribution in [0.2, 0.25) is 0 Å². The molecular formula is C15H27N5. The molecule has 2 rings (SSSR count). The van der Waals surface area contributed by atoms with Gasteiger partial charge in [0.15, 0.2) is 0 Å². The zero-order chi connectivity index (χ0) is 14.4. The summed E-state index contributed by atoms with van der Waals surface area (Å²) in [5.74, 6) is 8.32. The van der Waals surface area contributed by atoms with Gasteiger partial charge in [-0.05, 0) is 25.2 Å². The first kappa shape index (κ1) is 15.0. The molecule has 5 heteroatoms. The Morgan fingerprint density at radius 1 is 1.25 bits per heavy atom. The summed E-state index contributed by atoms with van der Waals surface area (Å²) < 4.78 is 0. The zero-order valence-corrected chi connectivity index (χ0v) is 12.7. The molecule has 1 aromatic rings. The highest BCUT2D eigenvalue weighted by atomic mass is 15.3. The number of nitrogen functional groups attached to an aromatic ring is 1.